The molecule has 1 saturated carbocycles. The van der Waals surface area contributed by atoms with Gasteiger partial charge in [-0.3, -0.25) is 4.79 Å². The number of allylic oxidation sites excluding steroid dienone is 2. The molecular formula is C14H23FO3. The first-order chi connectivity index (χ1) is 8.56. The molecule has 0 aromatic carbocycles. The van der Waals surface area contributed by atoms with Gasteiger partial charge in [0, 0.05) is 12.8 Å². The van der Waals surface area contributed by atoms with E-state index >= 15 is 0 Å². The van der Waals surface area contributed by atoms with E-state index < -0.39 is 18.2 Å². The first-order valence-electron chi connectivity index (χ1n) is 6.75. The fourth-order valence-electron chi connectivity index (χ4n) is 2.77. The summed E-state index contributed by atoms with van der Waals surface area (Å²) in [6.07, 6.45) is 5.72. The molecule has 104 valence electrons. The summed E-state index contributed by atoms with van der Waals surface area (Å²) < 4.78 is 13.6. The number of halogens is 1. The van der Waals surface area contributed by atoms with Gasteiger partial charge >= 0.3 is 5.97 Å². The van der Waals surface area contributed by atoms with Gasteiger partial charge in [0.25, 0.3) is 0 Å². The van der Waals surface area contributed by atoms with Crippen molar-refractivity contribution in [1.29, 1.82) is 0 Å². The molecule has 18 heavy (non-hydrogen) atoms. The molecule has 0 aromatic rings. The molecule has 0 heterocycles. The summed E-state index contributed by atoms with van der Waals surface area (Å²) in [4.78, 5) is 10.3. The molecular weight excluding hydrogens is 235 g/mol. The van der Waals surface area contributed by atoms with Crippen LogP contribution in [0, 0.1) is 11.8 Å². The molecule has 0 aliphatic heterocycles. The molecule has 3 nitrogen and oxygen atoms in total. The zero-order valence-corrected chi connectivity index (χ0v) is 10.9. The van der Waals surface area contributed by atoms with E-state index in [1.807, 2.05) is 19.1 Å². The predicted molar refractivity (Wildman–Crippen MR) is 68.0 cm³/mol. The Balaban J connectivity index is 2.29. The van der Waals surface area contributed by atoms with Crippen LogP contribution in [0.5, 0.6) is 0 Å². The summed E-state index contributed by atoms with van der Waals surface area (Å²) in [7, 11) is 0. The van der Waals surface area contributed by atoms with Crippen LogP contribution < -0.4 is 0 Å². The van der Waals surface area contributed by atoms with E-state index in [1.165, 1.54) is 0 Å². The van der Waals surface area contributed by atoms with Gasteiger partial charge in [-0.2, -0.15) is 0 Å². The van der Waals surface area contributed by atoms with Crippen LogP contribution in [0.3, 0.4) is 0 Å². The maximum atomic E-state index is 13.6. The monoisotopic (exact) mass is 258 g/mol. The Hall–Kier alpha value is -0.900. The lowest BCUT2D eigenvalue weighted by molar-refractivity contribution is -0.137. The minimum absolute atomic E-state index is 0.0146. The third-order valence-corrected chi connectivity index (χ3v) is 3.78. The molecule has 2 N–H and O–H groups in total. The van der Waals surface area contributed by atoms with Gasteiger partial charge < -0.3 is 10.2 Å². The van der Waals surface area contributed by atoms with Crippen molar-refractivity contribution in [3.8, 4) is 0 Å². The van der Waals surface area contributed by atoms with Crippen LogP contribution in [0.15, 0.2) is 12.2 Å². The highest BCUT2D eigenvalue weighted by Gasteiger charge is 2.40. The number of aliphatic hydroxyl groups excluding tert-OH is 1. The Morgan fingerprint density at radius 2 is 2.11 bits per heavy atom. The van der Waals surface area contributed by atoms with E-state index in [1.54, 1.807) is 0 Å². The number of unbranched alkanes of at least 4 members (excludes halogenated alkanes) is 1. The van der Waals surface area contributed by atoms with E-state index in [4.69, 9.17) is 5.11 Å². The van der Waals surface area contributed by atoms with E-state index in [2.05, 4.69) is 0 Å². The summed E-state index contributed by atoms with van der Waals surface area (Å²) in [5.41, 5.74) is 0. The molecule has 1 rings (SSSR count). The smallest absolute Gasteiger partial charge is 0.303 e. The summed E-state index contributed by atoms with van der Waals surface area (Å²) in [6.45, 7) is 1.96. The number of carboxylic acids is 1. The second-order valence-corrected chi connectivity index (χ2v) is 5.05. The summed E-state index contributed by atoms with van der Waals surface area (Å²) in [5, 5.41) is 18.3. The number of carbonyl (C=O) groups is 1. The number of carboxylic acid groups (broad SMARTS) is 1. The van der Waals surface area contributed by atoms with Crippen LogP contribution in [-0.2, 0) is 4.79 Å². The van der Waals surface area contributed by atoms with Gasteiger partial charge in [0.2, 0.25) is 0 Å². The standard InChI is InChI=1S/C14H23FO3/c1-2-10-11(13(16)9-12(10)15)7-5-3-4-6-8-14(17)18/h3,5,10-13,16H,2,4,6-9H2,1H3,(H,17,18)/b5-3-/t10-,11-,12+,13+/m1/s1. The minimum Gasteiger partial charge on any atom is -0.481 e. The molecule has 0 spiro atoms. The van der Waals surface area contributed by atoms with Crippen molar-refractivity contribution < 1.29 is 19.4 Å². The molecule has 0 amide bonds. The average Bonchev–Trinajstić information content (AvgIpc) is 2.57. The van der Waals surface area contributed by atoms with Crippen molar-refractivity contribution in [2.24, 2.45) is 11.8 Å². The molecule has 4 heteroatoms. The Labute approximate surface area is 108 Å². The van der Waals surface area contributed by atoms with Gasteiger partial charge in [-0.25, -0.2) is 4.39 Å². The second kappa shape index (κ2) is 7.52. The second-order valence-electron chi connectivity index (χ2n) is 5.05. The van der Waals surface area contributed by atoms with Gasteiger partial charge in [-0.15, -0.1) is 0 Å². The molecule has 0 bridgehead atoms. The largest absolute Gasteiger partial charge is 0.481 e. The predicted octanol–water partition coefficient (Wildman–Crippen LogP) is 2.93. The maximum Gasteiger partial charge on any atom is 0.303 e. The molecule has 0 unspecified atom stereocenters. The number of hydrogen-bond acceptors (Lipinski definition) is 2. The van der Waals surface area contributed by atoms with Crippen LogP contribution in [0.4, 0.5) is 4.39 Å². The van der Waals surface area contributed by atoms with Gasteiger partial charge in [-0.1, -0.05) is 25.5 Å². The summed E-state index contributed by atoms with van der Waals surface area (Å²) in [6, 6.07) is 0. The Kier molecular flexibility index (Phi) is 6.33. The normalized spacial score (nSPS) is 32.2. The third-order valence-electron chi connectivity index (χ3n) is 3.78. The zero-order valence-electron chi connectivity index (χ0n) is 10.9. The SMILES string of the molecule is CC[C@@H]1[C@@H](C/C=C\CCCC(=O)O)[C@@H](O)C[C@@H]1F. The molecule has 0 aromatic heterocycles. The van der Waals surface area contributed by atoms with Crippen LogP contribution in [-0.4, -0.2) is 28.5 Å². The third kappa shape index (κ3) is 4.41. The fourth-order valence-corrected chi connectivity index (χ4v) is 2.77. The molecule has 1 aliphatic rings. The number of alkyl halides is 1. The lowest BCUT2D eigenvalue weighted by Gasteiger charge is -2.19. The van der Waals surface area contributed by atoms with Gasteiger partial charge in [-0.05, 0) is 31.1 Å². The first-order valence-corrected chi connectivity index (χ1v) is 6.75. The lowest BCUT2D eigenvalue weighted by Crippen LogP contribution is -2.19. The highest BCUT2D eigenvalue weighted by molar-refractivity contribution is 5.66. The Morgan fingerprint density at radius 3 is 2.72 bits per heavy atom. The van der Waals surface area contributed by atoms with E-state index in [-0.39, 0.29) is 24.7 Å². The molecule has 1 aliphatic carbocycles. The van der Waals surface area contributed by atoms with Crippen LogP contribution >= 0.6 is 0 Å². The number of hydrogen-bond donors (Lipinski definition) is 2. The number of aliphatic hydroxyl groups is 1. The summed E-state index contributed by atoms with van der Waals surface area (Å²) >= 11 is 0. The zero-order chi connectivity index (χ0) is 13.5. The average molecular weight is 258 g/mol. The topological polar surface area (TPSA) is 57.5 Å². The lowest BCUT2D eigenvalue weighted by atomic mass is 9.89. The minimum atomic E-state index is -0.879. The molecule has 0 saturated heterocycles. The van der Waals surface area contributed by atoms with Crippen LogP contribution in [0.2, 0.25) is 0 Å². The quantitative estimate of drug-likeness (QED) is 0.545. The highest BCUT2D eigenvalue weighted by Crippen LogP contribution is 2.38. The van der Waals surface area contributed by atoms with Gasteiger partial charge in [0.15, 0.2) is 0 Å². The fraction of sp³-hybridized carbons (Fsp3) is 0.786. The van der Waals surface area contributed by atoms with Gasteiger partial charge in [0.05, 0.1) is 6.10 Å². The van der Waals surface area contributed by atoms with Crippen molar-refractivity contribution in [3.05, 3.63) is 12.2 Å². The summed E-state index contributed by atoms with van der Waals surface area (Å²) in [5.74, 6) is -0.801. The number of rotatable bonds is 7. The Morgan fingerprint density at radius 1 is 1.39 bits per heavy atom. The van der Waals surface area contributed by atoms with E-state index in [0.717, 1.165) is 12.8 Å². The van der Waals surface area contributed by atoms with Crippen LogP contribution in [0.1, 0.15) is 45.4 Å². The van der Waals surface area contributed by atoms with E-state index in [0.29, 0.717) is 12.8 Å². The van der Waals surface area contributed by atoms with Crippen molar-refractivity contribution in [2.75, 3.05) is 0 Å². The van der Waals surface area contributed by atoms with Crippen molar-refractivity contribution in [2.45, 2.75) is 57.7 Å². The highest BCUT2D eigenvalue weighted by atomic mass is 19.1. The van der Waals surface area contributed by atoms with E-state index in [9.17, 15) is 14.3 Å². The molecule has 1 fully saturated rings. The first kappa shape index (κ1) is 15.2. The van der Waals surface area contributed by atoms with Crippen LogP contribution in [0.25, 0.3) is 0 Å². The maximum absolute atomic E-state index is 13.6. The van der Waals surface area contributed by atoms with Crippen molar-refractivity contribution >= 4 is 5.97 Å². The Bertz CT molecular complexity index is 291. The van der Waals surface area contributed by atoms with Gasteiger partial charge in [0.1, 0.15) is 6.17 Å². The number of aliphatic carboxylic acids is 1. The van der Waals surface area contributed by atoms with Crippen molar-refractivity contribution in [1.82, 2.24) is 0 Å². The van der Waals surface area contributed by atoms with Crippen molar-refractivity contribution in [3.63, 3.8) is 0 Å². The molecule has 4 atom stereocenters. The molecule has 0 radical (unpaired) electrons.